The third-order valence-electron chi connectivity index (χ3n) is 6.18. The van der Waals surface area contributed by atoms with E-state index in [1.54, 1.807) is 55.2 Å². The molecule has 188 valence electrons. The van der Waals surface area contributed by atoms with Gasteiger partial charge in [0.2, 0.25) is 5.91 Å². The van der Waals surface area contributed by atoms with E-state index in [0.717, 1.165) is 24.1 Å². The Morgan fingerprint density at radius 1 is 1.08 bits per heavy atom. The Hall–Kier alpha value is -4.21. The van der Waals surface area contributed by atoms with E-state index in [9.17, 15) is 19.5 Å². The fourth-order valence-corrected chi connectivity index (χ4v) is 4.21. The first-order valence-electron chi connectivity index (χ1n) is 11.8. The molecule has 4 rings (SSSR count). The summed E-state index contributed by atoms with van der Waals surface area (Å²) in [5, 5.41) is 14.8. The summed E-state index contributed by atoms with van der Waals surface area (Å²) < 4.78 is 1.77. The number of anilines is 2. The van der Waals surface area contributed by atoms with Crippen LogP contribution in [-0.4, -0.2) is 49.0 Å². The number of pyridine rings is 1. The van der Waals surface area contributed by atoms with E-state index in [4.69, 9.17) is 0 Å². The zero-order valence-electron chi connectivity index (χ0n) is 20.3. The molecule has 1 aliphatic heterocycles. The number of carboxylic acid groups (broad SMARTS) is 1. The quantitative estimate of drug-likeness (QED) is 0.439. The SMILES string of the molecule is CC(C)(Cn1cnc(C2CCCN2C(=O)Cc2ccc(NC(=O)Nc3ccccc3)nc2)c1)C(=O)O. The number of hydrogen-bond acceptors (Lipinski definition) is 5. The minimum atomic E-state index is -0.917. The third kappa shape index (κ3) is 6.07. The highest BCUT2D eigenvalue weighted by Crippen LogP contribution is 2.32. The number of rotatable bonds is 8. The molecule has 3 aromatic rings. The molecule has 2 aromatic heterocycles. The van der Waals surface area contributed by atoms with Gasteiger partial charge in [0.25, 0.3) is 0 Å². The minimum absolute atomic E-state index is 0.0257. The number of carboxylic acids is 1. The molecule has 1 saturated heterocycles. The first-order valence-corrected chi connectivity index (χ1v) is 11.8. The molecule has 3 amide bonds. The standard InChI is InChI=1S/C26H30N6O4/c1-26(2,24(34)35)16-31-15-20(28-17-31)21-9-6-12-32(21)23(33)13-18-10-11-22(27-14-18)30-25(36)29-19-7-4-3-5-8-19/h3-5,7-8,10-11,14-15,17,21H,6,9,12-13,16H2,1-2H3,(H,34,35)(H2,27,29,30,36). The Bertz CT molecular complexity index is 1220. The second-order valence-electron chi connectivity index (χ2n) is 9.58. The molecule has 1 aliphatic rings. The largest absolute Gasteiger partial charge is 0.481 e. The molecule has 0 spiro atoms. The zero-order chi connectivity index (χ0) is 25.7. The van der Waals surface area contributed by atoms with Crippen LogP contribution in [0.1, 0.15) is 44.0 Å². The first-order chi connectivity index (χ1) is 17.2. The highest BCUT2D eigenvalue weighted by molar-refractivity contribution is 5.99. The van der Waals surface area contributed by atoms with Gasteiger partial charge in [-0.15, -0.1) is 0 Å². The van der Waals surface area contributed by atoms with Crippen LogP contribution in [0.3, 0.4) is 0 Å². The molecule has 1 fully saturated rings. The van der Waals surface area contributed by atoms with Gasteiger partial charge in [-0.25, -0.2) is 14.8 Å². The number of para-hydroxylation sites is 1. The maximum absolute atomic E-state index is 13.1. The van der Waals surface area contributed by atoms with Crippen LogP contribution in [0.25, 0.3) is 0 Å². The number of imidazole rings is 1. The van der Waals surface area contributed by atoms with Crippen molar-refractivity contribution in [2.45, 2.75) is 45.7 Å². The van der Waals surface area contributed by atoms with Crippen molar-refractivity contribution in [3.05, 3.63) is 72.4 Å². The van der Waals surface area contributed by atoms with Crippen molar-refractivity contribution in [2.24, 2.45) is 5.41 Å². The molecule has 0 bridgehead atoms. The van der Waals surface area contributed by atoms with Crippen molar-refractivity contribution >= 4 is 29.4 Å². The number of hydrogen-bond donors (Lipinski definition) is 3. The second kappa shape index (κ2) is 10.6. The third-order valence-corrected chi connectivity index (χ3v) is 6.18. The number of aliphatic carboxylic acids is 1. The van der Waals surface area contributed by atoms with Gasteiger partial charge >= 0.3 is 12.0 Å². The number of carbonyl (C=O) groups is 3. The number of nitrogens with zero attached hydrogens (tertiary/aromatic N) is 4. The summed E-state index contributed by atoms with van der Waals surface area (Å²) in [7, 11) is 0. The Kier molecular flexibility index (Phi) is 7.33. The summed E-state index contributed by atoms with van der Waals surface area (Å²) >= 11 is 0. The molecule has 1 unspecified atom stereocenters. The molecule has 10 nitrogen and oxygen atoms in total. The maximum Gasteiger partial charge on any atom is 0.324 e. The lowest BCUT2D eigenvalue weighted by Crippen LogP contribution is -2.32. The van der Waals surface area contributed by atoms with E-state index in [1.165, 1.54) is 0 Å². The van der Waals surface area contributed by atoms with Gasteiger partial charge in [0.15, 0.2) is 0 Å². The highest BCUT2D eigenvalue weighted by Gasteiger charge is 2.32. The van der Waals surface area contributed by atoms with Crippen LogP contribution < -0.4 is 10.6 Å². The van der Waals surface area contributed by atoms with E-state index in [1.807, 2.05) is 29.3 Å². The van der Waals surface area contributed by atoms with Gasteiger partial charge in [0, 0.05) is 31.2 Å². The number of nitrogens with one attached hydrogen (secondary N) is 2. The van der Waals surface area contributed by atoms with Crippen LogP contribution in [0.2, 0.25) is 0 Å². The number of carbonyl (C=O) groups excluding carboxylic acids is 2. The number of aromatic nitrogens is 3. The summed E-state index contributed by atoms with van der Waals surface area (Å²) in [5.74, 6) is -0.516. The van der Waals surface area contributed by atoms with E-state index >= 15 is 0 Å². The fraction of sp³-hybridized carbons (Fsp3) is 0.346. The molecular weight excluding hydrogens is 460 g/mol. The van der Waals surface area contributed by atoms with Crippen molar-refractivity contribution in [1.29, 1.82) is 0 Å². The van der Waals surface area contributed by atoms with Gasteiger partial charge in [0.1, 0.15) is 5.82 Å². The van der Waals surface area contributed by atoms with E-state index in [-0.39, 0.29) is 18.4 Å². The Morgan fingerprint density at radius 2 is 1.86 bits per heavy atom. The molecule has 3 heterocycles. The smallest absolute Gasteiger partial charge is 0.324 e. The lowest BCUT2D eigenvalue weighted by molar-refractivity contribution is -0.147. The molecule has 36 heavy (non-hydrogen) atoms. The molecule has 0 saturated carbocycles. The zero-order valence-corrected chi connectivity index (χ0v) is 20.3. The van der Waals surface area contributed by atoms with Crippen LogP contribution in [0.5, 0.6) is 0 Å². The van der Waals surface area contributed by atoms with E-state index in [2.05, 4.69) is 20.6 Å². The van der Waals surface area contributed by atoms with Gasteiger partial charge < -0.3 is 19.9 Å². The van der Waals surface area contributed by atoms with Crippen LogP contribution in [0.15, 0.2) is 61.2 Å². The van der Waals surface area contributed by atoms with Crippen LogP contribution in [0, 0.1) is 5.41 Å². The molecular formula is C26H30N6O4. The maximum atomic E-state index is 13.1. The molecule has 0 aliphatic carbocycles. The van der Waals surface area contributed by atoms with Crippen molar-refractivity contribution < 1.29 is 19.5 Å². The Balaban J connectivity index is 1.34. The van der Waals surface area contributed by atoms with Crippen molar-refractivity contribution in [2.75, 3.05) is 17.2 Å². The normalized spacial score (nSPS) is 15.5. The van der Waals surface area contributed by atoms with Gasteiger partial charge in [-0.1, -0.05) is 24.3 Å². The average molecular weight is 491 g/mol. The average Bonchev–Trinajstić information content (AvgIpc) is 3.50. The fourth-order valence-electron chi connectivity index (χ4n) is 4.21. The molecule has 1 aromatic carbocycles. The summed E-state index contributed by atoms with van der Waals surface area (Å²) in [6, 6.07) is 12.0. The number of urea groups is 1. The highest BCUT2D eigenvalue weighted by atomic mass is 16.4. The van der Waals surface area contributed by atoms with Crippen LogP contribution in [0.4, 0.5) is 16.3 Å². The van der Waals surface area contributed by atoms with E-state index in [0.29, 0.717) is 24.6 Å². The summed E-state index contributed by atoms with van der Waals surface area (Å²) in [6.45, 7) is 4.28. The van der Waals surface area contributed by atoms with Gasteiger partial charge in [0.05, 0.1) is 29.9 Å². The molecule has 1 atom stereocenters. The monoisotopic (exact) mass is 490 g/mol. The van der Waals surface area contributed by atoms with Crippen molar-refractivity contribution in [1.82, 2.24) is 19.4 Å². The lowest BCUT2D eigenvalue weighted by atomic mass is 9.94. The first kappa shape index (κ1) is 24.9. The number of amides is 3. The predicted octanol–water partition coefficient (Wildman–Crippen LogP) is 3.94. The van der Waals surface area contributed by atoms with Gasteiger partial charge in [-0.3, -0.25) is 14.9 Å². The predicted molar refractivity (Wildman–Crippen MR) is 134 cm³/mol. The molecule has 0 radical (unpaired) electrons. The molecule has 3 N–H and O–H groups in total. The van der Waals surface area contributed by atoms with Crippen molar-refractivity contribution in [3.8, 4) is 0 Å². The van der Waals surface area contributed by atoms with Crippen LogP contribution in [-0.2, 0) is 22.6 Å². The second-order valence-corrected chi connectivity index (χ2v) is 9.58. The van der Waals surface area contributed by atoms with E-state index < -0.39 is 17.4 Å². The number of likely N-dealkylation sites (tertiary alicyclic amines) is 1. The summed E-state index contributed by atoms with van der Waals surface area (Å²) in [6.07, 6.45) is 6.93. The number of benzene rings is 1. The minimum Gasteiger partial charge on any atom is -0.481 e. The Morgan fingerprint density at radius 3 is 2.56 bits per heavy atom. The van der Waals surface area contributed by atoms with Crippen LogP contribution >= 0.6 is 0 Å². The van der Waals surface area contributed by atoms with Crippen molar-refractivity contribution in [3.63, 3.8) is 0 Å². The van der Waals surface area contributed by atoms with Gasteiger partial charge in [-0.05, 0) is 50.5 Å². The summed E-state index contributed by atoms with van der Waals surface area (Å²) in [5.41, 5.74) is 1.27. The topological polar surface area (TPSA) is 129 Å². The lowest BCUT2D eigenvalue weighted by Gasteiger charge is -2.23. The molecule has 10 heteroatoms. The summed E-state index contributed by atoms with van der Waals surface area (Å²) in [4.78, 5) is 47.2. The Labute approximate surface area is 209 Å². The van der Waals surface area contributed by atoms with Gasteiger partial charge in [-0.2, -0.15) is 0 Å².